The Morgan fingerprint density at radius 3 is 3.21 bits per heavy atom. The predicted octanol–water partition coefficient (Wildman–Crippen LogP) is 2.04. The molecule has 1 aromatic carbocycles. The van der Waals surface area contributed by atoms with Crippen molar-refractivity contribution < 1.29 is 9.47 Å². The molecule has 4 heteroatoms. The molecule has 3 rings (SSSR count). The zero-order valence-corrected chi connectivity index (χ0v) is 11.4. The van der Waals surface area contributed by atoms with Gasteiger partial charge in [0.1, 0.15) is 0 Å². The van der Waals surface area contributed by atoms with Gasteiger partial charge in [-0.25, -0.2) is 0 Å². The molecule has 1 saturated heterocycles. The Morgan fingerprint density at radius 1 is 1.42 bits per heavy atom. The Labute approximate surface area is 114 Å². The highest BCUT2D eigenvalue weighted by molar-refractivity contribution is 5.48. The maximum absolute atomic E-state index is 5.52. The third-order valence-electron chi connectivity index (χ3n) is 3.92. The molecule has 2 aliphatic rings. The number of benzene rings is 1. The van der Waals surface area contributed by atoms with Crippen LogP contribution in [-0.2, 0) is 6.54 Å². The number of ether oxygens (including phenoxy) is 2. The van der Waals surface area contributed by atoms with Gasteiger partial charge in [-0.3, -0.25) is 0 Å². The average molecular weight is 262 g/mol. The van der Waals surface area contributed by atoms with Crippen LogP contribution in [0.2, 0.25) is 0 Å². The van der Waals surface area contributed by atoms with E-state index < -0.39 is 0 Å². The molecular formula is C15H22N2O2. The summed E-state index contributed by atoms with van der Waals surface area (Å²) in [5.41, 5.74) is 1.18. The van der Waals surface area contributed by atoms with Crippen LogP contribution in [0.4, 0.5) is 0 Å². The number of hydrogen-bond donors (Lipinski definition) is 2. The zero-order chi connectivity index (χ0) is 13.1. The van der Waals surface area contributed by atoms with E-state index in [0.29, 0.717) is 18.9 Å². The van der Waals surface area contributed by atoms with Gasteiger partial charge in [-0.2, -0.15) is 0 Å². The molecule has 1 fully saturated rings. The molecule has 0 aromatic heterocycles. The van der Waals surface area contributed by atoms with E-state index in [4.69, 9.17) is 9.47 Å². The van der Waals surface area contributed by atoms with Gasteiger partial charge < -0.3 is 20.1 Å². The summed E-state index contributed by atoms with van der Waals surface area (Å²) in [5.74, 6) is 1.77. The second kappa shape index (κ2) is 5.80. The average Bonchev–Trinajstić information content (AvgIpc) is 3.06. The van der Waals surface area contributed by atoms with E-state index in [-0.39, 0.29) is 0 Å². The van der Waals surface area contributed by atoms with E-state index in [2.05, 4.69) is 23.6 Å². The first-order valence-corrected chi connectivity index (χ1v) is 7.17. The van der Waals surface area contributed by atoms with Crippen LogP contribution in [0, 0.1) is 0 Å². The molecule has 0 saturated carbocycles. The van der Waals surface area contributed by atoms with Crippen LogP contribution in [0.5, 0.6) is 11.5 Å². The van der Waals surface area contributed by atoms with Crippen LogP contribution in [0.25, 0.3) is 0 Å². The minimum absolute atomic E-state index is 0.341. The minimum atomic E-state index is 0.341. The van der Waals surface area contributed by atoms with E-state index in [1.807, 2.05) is 12.1 Å². The highest BCUT2D eigenvalue weighted by atomic mass is 16.7. The normalized spacial score (nSPS) is 22.7. The van der Waals surface area contributed by atoms with Crippen molar-refractivity contribution in [2.75, 3.05) is 13.3 Å². The summed E-state index contributed by atoms with van der Waals surface area (Å²) in [7, 11) is 0. The molecule has 0 bridgehead atoms. The van der Waals surface area contributed by atoms with Crippen LogP contribution in [-0.4, -0.2) is 25.4 Å². The highest BCUT2D eigenvalue weighted by Gasteiger charge is 2.19. The second-order valence-electron chi connectivity index (χ2n) is 5.46. The summed E-state index contributed by atoms with van der Waals surface area (Å²) in [4.78, 5) is 0. The van der Waals surface area contributed by atoms with Crippen molar-refractivity contribution in [2.45, 2.75) is 44.8 Å². The van der Waals surface area contributed by atoms with Crippen molar-refractivity contribution in [2.24, 2.45) is 0 Å². The number of fused-ring (bicyclic) bond motifs is 1. The maximum atomic E-state index is 5.52. The van der Waals surface area contributed by atoms with Gasteiger partial charge in [-0.15, -0.1) is 0 Å². The molecule has 2 unspecified atom stereocenters. The Kier molecular flexibility index (Phi) is 3.89. The van der Waals surface area contributed by atoms with Gasteiger partial charge in [0.2, 0.25) is 6.79 Å². The molecule has 0 aliphatic carbocycles. The molecule has 2 atom stereocenters. The van der Waals surface area contributed by atoms with Crippen molar-refractivity contribution in [1.29, 1.82) is 0 Å². The van der Waals surface area contributed by atoms with Gasteiger partial charge >= 0.3 is 0 Å². The smallest absolute Gasteiger partial charge is 0.231 e. The number of rotatable bonds is 5. The van der Waals surface area contributed by atoms with Crippen LogP contribution in [0.15, 0.2) is 18.2 Å². The number of nitrogens with one attached hydrogen (secondary N) is 2. The Morgan fingerprint density at radius 2 is 2.37 bits per heavy atom. The van der Waals surface area contributed by atoms with Crippen LogP contribution in [0.1, 0.15) is 31.7 Å². The fourth-order valence-corrected chi connectivity index (χ4v) is 2.88. The fraction of sp³-hybridized carbons (Fsp3) is 0.600. The zero-order valence-electron chi connectivity index (χ0n) is 11.4. The summed E-state index contributed by atoms with van der Waals surface area (Å²) in [6.45, 7) is 4.60. The molecule has 0 amide bonds. The highest BCUT2D eigenvalue weighted by Crippen LogP contribution is 2.35. The molecule has 19 heavy (non-hydrogen) atoms. The lowest BCUT2D eigenvalue weighted by molar-refractivity contribution is 0.173. The quantitative estimate of drug-likeness (QED) is 0.852. The standard InChI is InChI=1S/C15H22N2O2/c1-11(8-13-5-3-7-16-13)17-9-12-4-2-6-14-15(12)19-10-18-14/h2,4,6,11,13,16-17H,3,5,7-10H2,1H3. The van der Waals surface area contributed by atoms with Gasteiger partial charge in [0.05, 0.1) is 0 Å². The molecule has 1 aromatic rings. The molecule has 2 N–H and O–H groups in total. The van der Waals surface area contributed by atoms with Crippen molar-refractivity contribution in [3.05, 3.63) is 23.8 Å². The fourth-order valence-electron chi connectivity index (χ4n) is 2.88. The Balaban J connectivity index is 1.53. The van der Waals surface area contributed by atoms with Gasteiger partial charge in [0.15, 0.2) is 11.5 Å². The number of para-hydroxylation sites is 1. The Bertz CT molecular complexity index is 430. The van der Waals surface area contributed by atoms with Crippen molar-refractivity contribution in [1.82, 2.24) is 10.6 Å². The first-order valence-electron chi connectivity index (χ1n) is 7.17. The molecule has 0 spiro atoms. The minimum Gasteiger partial charge on any atom is -0.454 e. The van der Waals surface area contributed by atoms with Crippen LogP contribution in [0.3, 0.4) is 0 Å². The van der Waals surface area contributed by atoms with Gasteiger partial charge in [0.25, 0.3) is 0 Å². The SMILES string of the molecule is CC(CC1CCCN1)NCc1cccc2c1OCO2. The summed E-state index contributed by atoms with van der Waals surface area (Å²) in [6, 6.07) is 7.27. The summed E-state index contributed by atoms with van der Waals surface area (Å²) < 4.78 is 10.9. The molecular weight excluding hydrogens is 240 g/mol. The van der Waals surface area contributed by atoms with Gasteiger partial charge in [-0.05, 0) is 38.8 Å². The van der Waals surface area contributed by atoms with Crippen LogP contribution < -0.4 is 20.1 Å². The predicted molar refractivity (Wildman–Crippen MR) is 74.5 cm³/mol. The summed E-state index contributed by atoms with van der Waals surface area (Å²) in [6.07, 6.45) is 3.81. The first kappa shape index (κ1) is 12.8. The molecule has 2 aliphatic heterocycles. The monoisotopic (exact) mass is 262 g/mol. The number of hydrogen-bond acceptors (Lipinski definition) is 4. The van der Waals surface area contributed by atoms with E-state index >= 15 is 0 Å². The summed E-state index contributed by atoms with van der Waals surface area (Å²) in [5, 5.41) is 7.12. The van der Waals surface area contributed by atoms with Crippen LogP contribution >= 0.6 is 0 Å². The molecule has 4 nitrogen and oxygen atoms in total. The Hall–Kier alpha value is -1.26. The van der Waals surface area contributed by atoms with E-state index in [1.54, 1.807) is 0 Å². The lowest BCUT2D eigenvalue weighted by Crippen LogP contribution is -2.33. The topological polar surface area (TPSA) is 42.5 Å². The molecule has 0 radical (unpaired) electrons. The third-order valence-corrected chi connectivity index (χ3v) is 3.92. The van der Waals surface area contributed by atoms with E-state index in [1.165, 1.54) is 31.4 Å². The van der Waals surface area contributed by atoms with E-state index in [0.717, 1.165) is 18.0 Å². The van der Waals surface area contributed by atoms with Crippen molar-refractivity contribution in [3.8, 4) is 11.5 Å². The van der Waals surface area contributed by atoms with Crippen molar-refractivity contribution in [3.63, 3.8) is 0 Å². The van der Waals surface area contributed by atoms with E-state index in [9.17, 15) is 0 Å². The third kappa shape index (κ3) is 3.01. The molecule has 104 valence electrons. The largest absolute Gasteiger partial charge is 0.454 e. The second-order valence-corrected chi connectivity index (χ2v) is 5.46. The maximum Gasteiger partial charge on any atom is 0.231 e. The lowest BCUT2D eigenvalue weighted by atomic mass is 10.1. The van der Waals surface area contributed by atoms with Gasteiger partial charge in [0, 0.05) is 24.2 Å². The van der Waals surface area contributed by atoms with Gasteiger partial charge in [-0.1, -0.05) is 12.1 Å². The lowest BCUT2D eigenvalue weighted by Gasteiger charge is -2.18. The van der Waals surface area contributed by atoms with Crippen molar-refractivity contribution >= 4 is 0 Å². The summed E-state index contributed by atoms with van der Waals surface area (Å²) >= 11 is 0. The molecule has 2 heterocycles. The first-order chi connectivity index (χ1) is 9.33.